The molecular weight excluding hydrogens is 180 g/mol. The van der Waals surface area contributed by atoms with Gasteiger partial charge in [0, 0.05) is 25.3 Å². The lowest BCUT2D eigenvalue weighted by atomic mass is 9.87. The Morgan fingerprint density at radius 3 is 2.93 bits per heavy atom. The molecule has 0 bridgehead atoms. The van der Waals surface area contributed by atoms with E-state index in [1.165, 1.54) is 0 Å². The first-order chi connectivity index (χ1) is 6.65. The molecule has 0 aromatic carbocycles. The van der Waals surface area contributed by atoms with Crippen molar-refractivity contribution in [2.45, 2.75) is 24.9 Å². The predicted molar refractivity (Wildman–Crippen MR) is 51.7 cm³/mol. The van der Waals surface area contributed by atoms with Gasteiger partial charge in [-0.1, -0.05) is 0 Å². The maximum Gasteiger partial charge on any atom is 0.254 e. The average Bonchev–Trinajstić information content (AvgIpc) is 2.49. The zero-order valence-corrected chi connectivity index (χ0v) is 8.10. The van der Waals surface area contributed by atoms with Gasteiger partial charge < -0.3 is 11.1 Å². The first kappa shape index (κ1) is 9.21. The number of amides is 1. The van der Waals surface area contributed by atoms with Crippen LogP contribution >= 0.6 is 0 Å². The Balaban J connectivity index is 1.90. The zero-order valence-electron chi connectivity index (χ0n) is 8.10. The molecular formula is C9H14N4O. The van der Waals surface area contributed by atoms with Gasteiger partial charge in [0.2, 0.25) is 0 Å². The van der Waals surface area contributed by atoms with E-state index < -0.39 is 0 Å². The summed E-state index contributed by atoms with van der Waals surface area (Å²) in [7, 11) is 1.79. The minimum Gasteiger partial charge on any atom is -0.349 e. The van der Waals surface area contributed by atoms with E-state index in [0.29, 0.717) is 5.56 Å². The number of hydrogen-bond donors (Lipinski definition) is 2. The monoisotopic (exact) mass is 194 g/mol. The fourth-order valence-corrected chi connectivity index (χ4v) is 1.59. The third-order valence-electron chi connectivity index (χ3n) is 2.48. The molecule has 5 heteroatoms. The van der Waals surface area contributed by atoms with Crippen molar-refractivity contribution in [2.24, 2.45) is 12.8 Å². The number of carbonyl (C=O) groups is 1. The molecule has 1 heterocycles. The summed E-state index contributed by atoms with van der Waals surface area (Å²) >= 11 is 0. The number of rotatable bonds is 2. The van der Waals surface area contributed by atoms with Crippen molar-refractivity contribution in [3.63, 3.8) is 0 Å². The van der Waals surface area contributed by atoms with Gasteiger partial charge in [-0.05, 0) is 12.8 Å². The SMILES string of the molecule is Cn1cc(C(=O)NC2CC(N)C2)cn1. The lowest BCUT2D eigenvalue weighted by Crippen LogP contribution is -2.50. The van der Waals surface area contributed by atoms with E-state index in [4.69, 9.17) is 5.73 Å². The van der Waals surface area contributed by atoms with Gasteiger partial charge in [-0.2, -0.15) is 5.10 Å². The van der Waals surface area contributed by atoms with E-state index >= 15 is 0 Å². The number of nitrogens with two attached hydrogens (primary N) is 1. The molecule has 14 heavy (non-hydrogen) atoms. The molecule has 0 spiro atoms. The van der Waals surface area contributed by atoms with E-state index in [0.717, 1.165) is 12.8 Å². The van der Waals surface area contributed by atoms with Crippen LogP contribution in [0.5, 0.6) is 0 Å². The van der Waals surface area contributed by atoms with Crippen LogP contribution in [0.25, 0.3) is 0 Å². The normalized spacial score (nSPS) is 25.6. The third-order valence-corrected chi connectivity index (χ3v) is 2.48. The molecule has 1 aromatic heterocycles. The number of carbonyl (C=O) groups excluding carboxylic acids is 1. The van der Waals surface area contributed by atoms with Crippen LogP contribution in [0.4, 0.5) is 0 Å². The largest absolute Gasteiger partial charge is 0.349 e. The van der Waals surface area contributed by atoms with Gasteiger partial charge in [-0.25, -0.2) is 0 Å². The van der Waals surface area contributed by atoms with Gasteiger partial charge in [0.1, 0.15) is 0 Å². The topological polar surface area (TPSA) is 72.9 Å². The van der Waals surface area contributed by atoms with Crippen molar-refractivity contribution in [2.75, 3.05) is 0 Å². The van der Waals surface area contributed by atoms with Crippen LogP contribution in [-0.2, 0) is 7.05 Å². The van der Waals surface area contributed by atoms with Crippen molar-refractivity contribution < 1.29 is 4.79 Å². The lowest BCUT2D eigenvalue weighted by Gasteiger charge is -2.32. The number of nitrogens with one attached hydrogen (secondary N) is 1. The van der Waals surface area contributed by atoms with Gasteiger partial charge in [-0.15, -0.1) is 0 Å². The molecule has 1 fully saturated rings. The van der Waals surface area contributed by atoms with Crippen molar-refractivity contribution in [3.05, 3.63) is 18.0 Å². The molecule has 3 N–H and O–H groups in total. The van der Waals surface area contributed by atoms with Crippen molar-refractivity contribution in [1.82, 2.24) is 15.1 Å². The van der Waals surface area contributed by atoms with Crippen molar-refractivity contribution in [1.29, 1.82) is 0 Å². The Bertz CT molecular complexity index is 340. The number of aromatic nitrogens is 2. The summed E-state index contributed by atoms with van der Waals surface area (Å²) in [6, 6.07) is 0.506. The molecule has 0 unspecified atom stereocenters. The Labute approximate surface area is 82.3 Å². The van der Waals surface area contributed by atoms with Crippen molar-refractivity contribution in [3.8, 4) is 0 Å². The Morgan fingerprint density at radius 1 is 1.71 bits per heavy atom. The van der Waals surface area contributed by atoms with Crippen LogP contribution in [0.2, 0.25) is 0 Å². The molecule has 1 aromatic rings. The quantitative estimate of drug-likeness (QED) is 0.675. The molecule has 0 aliphatic heterocycles. The van der Waals surface area contributed by atoms with Gasteiger partial charge >= 0.3 is 0 Å². The zero-order chi connectivity index (χ0) is 10.1. The summed E-state index contributed by atoms with van der Waals surface area (Å²) in [6.45, 7) is 0. The molecule has 0 radical (unpaired) electrons. The lowest BCUT2D eigenvalue weighted by molar-refractivity contribution is 0.0910. The maximum atomic E-state index is 11.6. The van der Waals surface area contributed by atoms with E-state index in [9.17, 15) is 4.79 Å². The van der Waals surface area contributed by atoms with Crippen LogP contribution < -0.4 is 11.1 Å². The van der Waals surface area contributed by atoms with E-state index in [2.05, 4.69) is 10.4 Å². The van der Waals surface area contributed by atoms with Crippen LogP contribution in [0.1, 0.15) is 23.2 Å². The Morgan fingerprint density at radius 2 is 2.43 bits per heavy atom. The molecule has 1 aliphatic rings. The van der Waals surface area contributed by atoms with E-state index in [1.807, 2.05) is 0 Å². The second-order valence-electron chi connectivity index (χ2n) is 3.80. The second kappa shape index (κ2) is 3.42. The van der Waals surface area contributed by atoms with E-state index in [-0.39, 0.29) is 18.0 Å². The minimum atomic E-state index is -0.0602. The fraction of sp³-hybridized carbons (Fsp3) is 0.556. The first-order valence-corrected chi connectivity index (χ1v) is 4.70. The van der Waals surface area contributed by atoms with Gasteiger partial charge in [-0.3, -0.25) is 9.48 Å². The molecule has 1 amide bonds. The highest BCUT2D eigenvalue weighted by atomic mass is 16.1. The maximum absolute atomic E-state index is 11.6. The average molecular weight is 194 g/mol. The standard InChI is InChI=1S/C9H14N4O/c1-13-5-6(4-11-13)9(14)12-8-2-7(10)3-8/h4-5,7-8H,2-3,10H2,1H3,(H,12,14). The second-order valence-corrected chi connectivity index (χ2v) is 3.80. The summed E-state index contributed by atoms with van der Waals surface area (Å²) in [5, 5.41) is 6.84. The highest BCUT2D eigenvalue weighted by molar-refractivity contribution is 5.93. The Kier molecular flexibility index (Phi) is 2.25. The summed E-state index contributed by atoms with van der Waals surface area (Å²) in [4.78, 5) is 11.6. The number of nitrogens with zero attached hydrogens (tertiary/aromatic N) is 2. The molecule has 76 valence electrons. The van der Waals surface area contributed by atoms with Gasteiger partial charge in [0.15, 0.2) is 0 Å². The molecule has 0 saturated heterocycles. The summed E-state index contributed by atoms with van der Waals surface area (Å²) in [5.41, 5.74) is 6.22. The highest BCUT2D eigenvalue weighted by Crippen LogP contribution is 2.17. The van der Waals surface area contributed by atoms with Crippen LogP contribution in [-0.4, -0.2) is 27.8 Å². The van der Waals surface area contributed by atoms with Crippen LogP contribution in [0.3, 0.4) is 0 Å². The van der Waals surface area contributed by atoms with Crippen molar-refractivity contribution >= 4 is 5.91 Å². The molecule has 2 rings (SSSR count). The summed E-state index contributed by atoms with van der Waals surface area (Å²) in [5.74, 6) is -0.0602. The minimum absolute atomic E-state index is 0.0602. The predicted octanol–water partition coefficient (Wildman–Crippen LogP) is -0.360. The first-order valence-electron chi connectivity index (χ1n) is 4.70. The third kappa shape index (κ3) is 1.77. The van der Waals surface area contributed by atoms with Crippen LogP contribution in [0, 0.1) is 0 Å². The number of aryl methyl sites for hydroxylation is 1. The van der Waals surface area contributed by atoms with Gasteiger partial charge in [0.05, 0.1) is 11.8 Å². The highest BCUT2D eigenvalue weighted by Gasteiger charge is 2.27. The molecule has 0 atom stereocenters. The number of hydrogen-bond acceptors (Lipinski definition) is 3. The summed E-state index contributed by atoms with van der Waals surface area (Å²) < 4.78 is 1.61. The van der Waals surface area contributed by atoms with Gasteiger partial charge in [0.25, 0.3) is 5.91 Å². The molecule has 1 aliphatic carbocycles. The fourth-order valence-electron chi connectivity index (χ4n) is 1.59. The van der Waals surface area contributed by atoms with E-state index in [1.54, 1.807) is 24.1 Å². The van der Waals surface area contributed by atoms with Crippen LogP contribution in [0.15, 0.2) is 12.4 Å². The molecule has 1 saturated carbocycles. The smallest absolute Gasteiger partial charge is 0.254 e. The Hall–Kier alpha value is -1.36. The summed E-state index contributed by atoms with van der Waals surface area (Å²) in [6.07, 6.45) is 5.03. The molecule has 5 nitrogen and oxygen atoms in total.